The van der Waals surface area contributed by atoms with Gasteiger partial charge in [0.1, 0.15) is 11.6 Å². The van der Waals surface area contributed by atoms with Gasteiger partial charge in [-0.1, -0.05) is 6.07 Å². The molecule has 0 radical (unpaired) electrons. The van der Waals surface area contributed by atoms with Crippen molar-refractivity contribution in [3.05, 3.63) is 57.9 Å². The third-order valence-corrected chi connectivity index (χ3v) is 4.60. The predicted octanol–water partition coefficient (Wildman–Crippen LogP) is 3.11. The Kier molecular flexibility index (Phi) is 4.43. The fourth-order valence-corrected chi connectivity index (χ4v) is 3.47. The number of hydrogen-bond acceptors (Lipinski definition) is 4. The molecule has 1 atom stereocenters. The van der Waals surface area contributed by atoms with E-state index in [-0.39, 0.29) is 12.1 Å². The summed E-state index contributed by atoms with van der Waals surface area (Å²) < 4.78 is 29.3. The molecule has 0 spiro atoms. The molecule has 2 aromatic heterocycles. The van der Waals surface area contributed by atoms with Crippen LogP contribution in [0.15, 0.2) is 24.4 Å². The van der Waals surface area contributed by atoms with Crippen LogP contribution in [-0.4, -0.2) is 21.0 Å². The highest BCUT2D eigenvalue weighted by molar-refractivity contribution is 7.17. The summed E-state index contributed by atoms with van der Waals surface area (Å²) >= 11 is 1.60. The van der Waals surface area contributed by atoms with Gasteiger partial charge in [0.25, 0.3) is 0 Å². The Labute approximate surface area is 136 Å². The molecule has 0 fully saturated rings. The molecule has 4 nitrogen and oxygen atoms in total. The van der Waals surface area contributed by atoms with E-state index in [1.54, 1.807) is 11.3 Å². The molecule has 0 aliphatic carbocycles. The van der Waals surface area contributed by atoms with E-state index < -0.39 is 17.7 Å². The summed E-state index contributed by atoms with van der Waals surface area (Å²) in [4.78, 5) is 6.55. The van der Waals surface area contributed by atoms with Crippen molar-refractivity contribution in [2.24, 2.45) is 0 Å². The second-order valence-electron chi connectivity index (χ2n) is 5.42. The molecule has 2 heterocycles. The van der Waals surface area contributed by atoms with Crippen LogP contribution in [0.2, 0.25) is 0 Å². The third kappa shape index (κ3) is 3.12. The molecule has 3 aromatic rings. The lowest BCUT2D eigenvalue weighted by molar-refractivity contribution is 0.164. The monoisotopic (exact) mass is 337 g/mol. The van der Waals surface area contributed by atoms with Crippen molar-refractivity contribution in [2.75, 3.05) is 6.54 Å². The molecule has 0 aliphatic rings. The molecule has 0 saturated carbocycles. The Bertz CT molecular complexity index is 823. The number of halogens is 2. The van der Waals surface area contributed by atoms with Crippen LogP contribution in [-0.2, 0) is 6.54 Å². The molecule has 3 rings (SSSR count). The lowest BCUT2D eigenvalue weighted by Gasteiger charge is -2.14. The van der Waals surface area contributed by atoms with Crippen molar-refractivity contribution in [1.29, 1.82) is 0 Å². The van der Waals surface area contributed by atoms with Gasteiger partial charge in [-0.2, -0.15) is 0 Å². The van der Waals surface area contributed by atoms with Crippen LogP contribution >= 0.6 is 11.3 Å². The van der Waals surface area contributed by atoms with Crippen LogP contribution in [0, 0.1) is 25.5 Å². The van der Waals surface area contributed by atoms with Gasteiger partial charge in [0.15, 0.2) is 4.96 Å². The Morgan fingerprint density at radius 2 is 2.00 bits per heavy atom. The van der Waals surface area contributed by atoms with E-state index in [2.05, 4.69) is 10.3 Å². The van der Waals surface area contributed by atoms with E-state index in [1.165, 1.54) is 6.07 Å². The summed E-state index contributed by atoms with van der Waals surface area (Å²) in [5, 5.41) is 13.1. The molecular formula is C16H17F2N3OS. The minimum absolute atomic E-state index is 0.0493. The maximum absolute atomic E-state index is 13.6. The average molecular weight is 337 g/mol. The quantitative estimate of drug-likeness (QED) is 0.752. The number of benzene rings is 1. The van der Waals surface area contributed by atoms with E-state index >= 15 is 0 Å². The van der Waals surface area contributed by atoms with Crippen LogP contribution in [0.3, 0.4) is 0 Å². The van der Waals surface area contributed by atoms with Gasteiger partial charge in [-0.05, 0) is 26.0 Å². The summed E-state index contributed by atoms with van der Waals surface area (Å²) in [6, 6.07) is 3.56. The standard InChI is InChI=1S/C16H17F2N3OS/c1-9-8-21-13(10(2)20-16(21)23-9)6-19-7-14(22)15-11(17)4-3-5-12(15)18/h3-5,8,14,19,22H,6-7H2,1-2H3. The van der Waals surface area contributed by atoms with E-state index in [1.807, 2.05) is 24.4 Å². The first-order valence-electron chi connectivity index (χ1n) is 7.24. The Hall–Kier alpha value is -1.83. The minimum Gasteiger partial charge on any atom is -0.387 e. The van der Waals surface area contributed by atoms with Crippen LogP contribution in [0.5, 0.6) is 0 Å². The summed E-state index contributed by atoms with van der Waals surface area (Å²) in [5.74, 6) is -1.48. The molecule has 1 unspecified atom stereocenters. The van der Waals surface area contributed by atoms with Crippen molar-refractivity contribution >= 4 is 16.3 Å². The maximum Gasteiger partial charge on any atom is 0.194 e. The Morgan fingerprint density at radius 1 is 1.30 bits per heavy atom. The number of hydrogen-bond donors (Lipinski definition) is 2. The van der Waals surface area contributed by atoms with Gasteiger partial charge >= 0.3 is 0 Å². The zero-order chi connectivity index (χ0) is 16.6. The van der Waals surface area contributed by atoms with Crippen LogP contribution in [0.25, 0.3) is 4.96 Å². The summed E-state index contributed by atoms with van der Waals surface area (Å²) in [6.45, 7) is 4.43. The van der Waals surface area contributed by atoms with Gasteiger partial charge in [0.2, 0.25) is 0 Å². The topological polar surface area (TPSA) is 49.6 Å². The maximum atomic E-state index is 13.6. The summed E-state index contributed by atoms with van der Waals surface area (Å²) in [5.41, 5.74) is 1.57. The fourth-order valence-electron chi connectivity index (χ4n) is 2.58. The summed E-state index contributed by atoms with van der Waals surface area (Å²) in [6.07, 6.45) is 0.758. The molecule has 1 aromatic carbocycles. The van der Waals surface area contributed by atoms with E-state index in [0.717, 1.165) is 33.4 Å². The first-order valence-corrected chi connectivity index (χ1v) is 8.05. The zero-order valence-electron chi connectivity index (χ0n) is 12.8. The molecular weight excluding hydrogens is 320 g/mol. The highest BCUT2D eigenvalue weighted by Gasteiger charge is 2.18. The van der Waals surface area contributed by atoms with Crippen molar-refractivity contribution < 1.29 is 13.9 Å². The number of fused-ring (bicyclic) bond motifs is 1. The first-order chi connectivity index (χ1) is 11.0. The zero-order valence-corrected chi connectivity index (χ0v) is 13.6. The van der Waals surface area contributed by atoms with Gasteiger partial charge in [-0.25, -0.2) is 13.8 Å². The number of nitrogens with one attached hydrogen (secondary N) is 1. The predicted molar refractivity (Wildman–Crippen MR) is 85.6 cm³/mol. The number of aliphatic hydroxyl groups is 1. The normalized spacial score (nSPS) is 12.9. The number of nitrogens with zero attached hydrogens (tertiary/aromatic N) is 2. The van der Waals surface area contributed by atoms with Gasteiger partial charge in [0.05, 0.1) is 23.1 Å². The average Bonchev–Trinajstić information content (AvgIpc) is 2.95. The number of aryl methyl sites for hydroxylation is 2. The van der Waals surface area contributed by atoms with Crippen molar-refractivity contribution in [3.8, 4) is 0 Å². The van der Waals surface area contributed by atoms with Crippen LogP contribution in [0.1, 0.15) is 27.9 Å². The smallest absolute Gasteiger partial charge is 0.194 e. The number of aromatic nitrogens is 2. The molecule has 0 amide bonds. The number of thiazole rings is 1. The molecule has 0 bridgehead atoms. The number of rotatable bonds is 5. The lowest BCUT2D eigenvalue weighted by atomic mass is 10.1. The van der Waals surface area contributed by atoms with Gasteiger partial charge < -0.3 is 10.4 Å². The molecule has 2 N–H and O–H groups in total. The van der Waals surface area contributed by atoms with Crippen LogP contribution < -0.4 is 5.32 Å². The van der Waals surface area contributed by atoms with Gasteiger partial charge in [0, 0.05) is 24.2 Å². The van der Waals surface area contributed by atoms with E-state index in [4.69, 9.17) is 0 Å². The number of imidazole rings is 1. The SMILES string of the molecule is Cc1cn2c(CNCC(O)c3c(F)cccc3F)c(C)nc2s1. The Balaban J connectivity index is 1.70. The van der Waals surface area contributed by atoms with Crippen LogP contribution in [0.4, 0.5) is 8.78 Å². The summed E-state index contributed by atoms with van der Waals surface area (Å²) in [7, 11) is 0. The molecule has 0 aliphatic heterocycles. The van der Waals surface area contributed by atoms with Crippen molar-refractivity contribution in [1.82, 2.24) is 14.7 Å². The second-order valence-corrected chi connectivity index (χ2v) is 6.63. The van der Waals surface area contributed by atoms with Gasteiger partial charge in [-0.3, -0.25) is 4.40 Å². The highest BCUT2D eigenvalue weighted by atomic mass is 32.1. The largest absolute Gasteiger partial charge is 0.387 e. The molecule has 122 valence electrons. The fraction of sp³-hybridized carbons (Fsp3) is 0.312. The second kappa shape index (κ2) is 6.35. The van der Waals surface area contributed by atoms with E-state index in [9.17, 15) is 13.9 Å². The lowest BCUT2D eigenvalue weighted by Crippen LogP contribution is -2.23. The van der Waals surface area contributed by atoms with Gasteiger partial charge in [-0.15, -0.1) is 11.3 Å². The molecule has 7 heteroatoms. The molecule has 23 heavy (non-hydrogen) atoms. The number of aliphatic hydroxyl groups excluding tert-OH is 1. The Morgan fingerprint density at radius 3 is 2.70 bits per heavy atom. The van der Waals surface area contributed by atoms with E-state index in [0.29, 0.717) is 6.54 Å². The highest BCUT2D eigenvalue weighted by Crippen LogP contribution is 2.22. The first kappa shape index (κ1) is 16.0. The minimum atomic E-state index is -1.25. The molecule has 0 saturated heterocycles. The van der Waals surface area contributed by atoms with Crippen molar-refractivity contribution in [2.45, 2.75) is 26.5 Å². The third-order valence-electron chi connectivity index (χ3n) is 3.70. The van der Waals surface area contributed by atoms with Crippen molar-refractivity contribution in [3.63, 3.8) is 0 Å².